The summed E-state index contributed by atoms with van der Waals surface area (Å²) in [5.74, 6) is 1.97. The van der Waals surface area contributed by atoms with Gasteiger partial charge < -0.3 is 8.97 Å². The van der Waals surface area contributed by atoms with Crippen molar-refractivity contribution in [2.45, 2.75) is 135 Å². The summed E-state index contributed by atoms with van der Waals surface area (Å²) in [7, 11) is 0. The Morgan fingerprint density at radius 1 is 0.484 bits per heavy atom. The predicted molar refractivity (Wildman–Crippen MR) is 134 cm³/mol. The van der Waals surface area contributed by atoms with E-state index < -0.39 is 0 Å². The molecule has 2 aliphatic heterocycles. The van der Waals surface area contributed by atoms with Crippen LogP contribution in [0.2, 0.25) is 0 Å². The maximum atomic E-state index is 2.53. The highest BCUT2D eigenvalue weighted by atomic mass is 15.4. The van der Waals surface area contributed by atoms with Gasteiger partial charge in [-0.2, -0.15) is 0 Å². The fraction of sp³-hybridized carbons (Fsp3) is 1.00. The van der Waals surface area contributed by atoms with Crippen LogP contribution in [0.5, 0.6) is 0 Å². The van der Waals surface area contributed by atoms with Crippen molar-refractivity contribution >= 4 is 0 Å². The van der Waals surface area contributed by atoms with Crippen molar-refractivity contribution in [1.29, 1.82) is 0 Å². The van der Waals surface area contributed by atoms with Gasteiger partial charge in [0, 0.05) is 12.8 Å². The fourth-order valence-corrected chi connectivity index (χ4v) is 8.66. The molecule has 2 saturated heterocycles. The zero-order valence-corrected chi connectivity index (χ0v) is 21.5. The summed E-state index contributed by atoms with van der Waals surface area (Å²) in [5, 5.41) is 0. The lowest BCUT2D eigenvalue weighted by Gasteiger charge is -2.50. The number of unbranched alkanes of at least 4 members (excludes halogenated alkanes) is 2. The summed E-state index contributed by atoms with van der Waals surface area (Å²) in [5.41, 5.74) is 0. The normalized spacial score (nSPS) is 36.2. The highest BCUT2D eigenvalue weighted by molar-refractivity contribution is 4.75. The molecular weight excluding hydrogens is 376 g/mol. The van der Waals surface area contributed by atoms with Gasteiger partial charge in [0.25, 0.3) is 0 Å². The number of hydrogen-bond acceptors (Lipinski definition) is 0. The largest absolute Gasteiger partial charge is 0.321 e. The molecule has 4 rings (SSSR count). The minimum atomic E-state index is 0.983. The van der Waals surface area contributed by atoms with E-state index in [1.807, 2.05) is 0 Å². The third-order valence-corrected chi connectivity index (χ3v) is 10.5. The van der Waals surface area contributed by atoms with Crippen LogP contribution in [0, 0.1) is 11.8 Å². The van der Waals surface area contributed by atoms with Crippen molar-refractivity contribution < 1.29 is 8.97 Å². The Labute approximate surface area is 195 Å². The minimum Gasteiger partial charge on any atom is -0.321 e. The molecular formula is C29H56N2+2. The lowest BCUT2D eigenvalue weighted by Crippen LogP contribution is -2.60. The topological polar surface area (TPSA) is 0 Å². The summed E-state index contributed by atoms with van der Waals surface area (Å²) in [6.45, 7) is 14.1. The molecule has 4 atom stereocenters. The van der Waals surface area contributed by atoms with Crippen LogP contribution in [-0.4, -0.2) is 60.3 Å². The van der Waals surface area contributed by atoms with E-state index in [-0.39, 0.29) is 0 Å². The Bertz CT molecular complexity index is 471. The Kier molecular flexibility index (Phi) is 8.82. The van der Waals surface area contributed by atoms with Crippen LogP contribution in [0.4, 0.5) is 0 Å². The molecule has 4 fully saturated rings. The molecule has 4 unspecified atom stereocenters. The molecule has 4 aliphatic rings. The van der Waals surface area contributed by atoms with Gasteiger partial charge in [0.05, 0.1) is 51.4 Å². The molecule has 180 valence electrons. The van der Waals surface area contributed by atoms with Crippen LogP contribution in [0.25, 0.3) is 0 Å². The second kappa shape index (κ2) is 11.4. The second-order valence-electron chi connectivity index (χ2n) is 12.8. The molecule has 31 heavy (non-hydrogen) atoms. The molecule has 2 aliphatic carbocycles. The van der Waals surface area contributed by atoms with Crippen molar-refractivity contribution in [2.75, 3.05) is 39.3 Å². The van der Waals surface area contributed by atoms with E-state index in [0.717, 1.165) is 23.9 Å². The molecule has 0 spiro atoms. The first kappa shape index (κ1) is 24.1. The van der Waals surface area contributed by atoms with Gasteiger partial charge in [-0.05, 0) is 95.3 Å². The molecule has 0 N–H and O–H groups in total. The molecule has 2 saturated carbocycles. The lowest BCUT2D eigenvalue weighted by molar-refractivity contribution is -0.958. The van der Waals surface area contributed by atoms with Crippen molar-refractivity contribution in [1.82, 2.24) is 0 Å². The molecule has 0 amide bonds. The van der Waals surface area contributed by atoms with E-state index in [9.17, 15) is 0 Å². The number of rotatable bonds is 8. The summed E-state index contributed by atoms with van der Waals surface area (Å²) in [4.78, 5) is 0. The van der Waals surface area contributed by atoms with Gasteiger partial charge >= 0.3 is 0 Å². The molecule has 2 nitrogen and oxygen atoms in total. The molecule has 2 heteroatoms. The van der Waals surface area contributed by atoms with E-state index in [2.05, 4.69) is 13.8 Å². The van der Waals surface area contributed by atoms with Gasteiger partial charge in [-0.15, -0.1) is 0 Å². The van der Waals surface area contributed by atoms with E-state index >= 15 is 0 Å². The number of likely N-dealkylation sites (tertiary alicyclic amines) is 2. The van der Waals surface area contributed by atoms with Crippen molar-refractivity contribution in [3.63, 3.8) is 0 Å². The van der Waals surface area contributed by atoms with Gasteiger partial charge in [0.2, 0.25) is 0 Å². The first-order valence-electron chi connectivity index (χ1n) is 14.8. The number of hydrogen-bond donors (Lipinski definition) is 0. The molecule has 0 radical (unpaired) electrons. The van der Waals surface area contributed by atoms with Crippen LogP contribution in [0.3, 0.4) is 0 Å². The van der Waals surface area contributed by atoms with Crippen LogP contribution >= 0.6 is 0 Å². The third kappa shape index (κ3) is 6.08. The Hall–Kier alpha value is -0.0800. The standard InChI is InChI=1S/C29H56N2/c1-26-14-12-16-28(24-26)30(18-6-3-7-19-30)22-10-5-11-23-31(20-8-4-9-21-31)29-17-13-15-27(2)25-29/h26-29H,3-25H2,1-2H3/q+2. The minimum absolute atomic E-state index is 0.983. The van der Waals surface area contributed by atoms with Crippen LogP contribution in [0.1, 0.15) is 123 Å². The van der Waals surface area contributed by atoms with Gasteiger partial charge in [-0.25, -0.2) is 0 Å². The van der Waals surface area contributed by atoms with E-state index in [1.165, 1.54) is 157 Å². The number of piperidine rings is 2. The maximum absolute atomic E-state index is 2.53. The smallest absolute Gasteiger partial charge is 0.0892 e. The van der Waals surface area contributed by atoms with Gasteiger partial charge in [-0.3, -0.25) is 0 Å². The van der Waals surface area contributed by atoms with E-state index in [0.29, 0.717) is 0 Å². The zero-order valence-electron chi connectivity index (χ0n) is 21.5. The van der Waals surface area contributed by atoms with Crippen molar-refractivity contribution in [3.8, 4) is 0 Å². The van der Waals surface area contributed by atoms with Gasteiger partial charge in [0.15, 0.2) is 0 Å². The molecule has 0 bridgehead atoms. The Morgan fingerprint density at radius 2 is 0.903 bits per heavy atom. The third-order valence-electron chi connectivity index (χ3n) is 10.5. The molecule has 0 aromatic heterocycles. The highest BCUT2D eigenvalue weighted by Crippen LogP contribution is 2.37. The summed E-state index contributed by atoms with van der Waals surface area (Å²) in [6.07, 6.45) is 25.7. The Balaban J connectivity index is 1.29. The summed E-state index contributed by atoms with van der Waals surface area (Å²) in [6, 6.07) is 2.02. The average molecular weight is 433 g/mol. The van der Waals surface area contributed by atoms with Crippen molar-refractivity contribution in [3.05, 3.63) is 0 Å². The second-order valence-corrected chi connectivity index (χ2v) is 12.8. The van der Waals surface area contributed by atoms with E-state index in [4.69, 9.17) is 0 Å². The number of nitrogens with zero attached hydrogens (tertiary/aromatic N) is 2. The van der Waals surface area contributed by atoms with Crippen molar-refractivity contribution in [2.24, 2.45) is 11.8 Å². The van der Waals surface area contributed by atoms with Crippen LogP contribution in [0.15, 0.2) is 0 Å². The maximum Gasteiger partial charge on any atom is 0.0892 e. The fourth-order valence-electron chi connectivity index (χ4n) is 8.66. The van der Waals surface area contributed by atoms with Gasteiger partial charge in [0.1, 0.15) is 0 Å². The summed E-state index contributed by atoms with van der Waals surface area (Å²) >= 11 is 0. The van der Waals surface area contributed by atoms with E-state index in [1.54, 1.807) is 0 Å². The molecule has 0 aromatic carbocycles. The summed E-state index contributed by atoms with van der Waals surface area (Å²) < 4.78 is 3.06. The molecule has 0 aromatic rings. The quantitative estimate of drug-likeness (QED) is 0.278. The first-order valence-corrected chi connectivity index (χ1v) is 14.8. The van der Waals surface area contributed by atoms with Gasteiger partial charge in [-0.1, -0.05) is 26.7 Å². The van der Waals surface area contributed by atoms with Crippen LogP contribution in [-0.2, 0) is 0 Å². The number of quaternary nitrogens is 2. The van der Waals surface area contributed by atoms with Crippen LogP contribution < -0.4 is 0 Å². The average Bonchev–Trinajstić information content (AvgIpc) is 2.80. The lowest BCUT2D eigenvalue weighted by atomic mass is 9.83. The predicted octanol–water partition coefficient (Wildman–Crippen LogP) is 7.32. The first-order chi connectivity index (χ1) is 15.1. The highest BCUT2D eigenvalue weighted by Gasteiger charge is 2.41. The molecule has 2 heterocycles. The zero-order chi connectivity index (χ0) is 21.6. The Morgan fingerprint density at radius 3 is 1.29 bits per heavy atom. The SMILES string of the molecule is CC1CCCC([N+]2(CCCCC[N+]3(C4CCCC(C)C4)CCCCC3)CCCCC2)C1. The monoisotopic (exact) mass is 432 g/mol.